The SMILES string of the molecule is CC[C@H]1CCc2c(sc(NC(=O)CCC(=O)O)c2C(=O)Nc2ccccc2)C1. The van der Waals surface area contributed by atoms with Gasteiger partial charge in [0, 0.05) is 17.0 Å². The fourth-order valence-corrected chi connectivity index (χ4v) is 4.83. The van der Waals surface area contributed by atoms with Crippen molar-refractivity contribution in [2.24, 2.45) is 5.92 Å². The standard InChI is InChI=1S/C21H24N2O4S/c1-2-13-8-9-15-16(12-13)28-21(23-17(24)10-11-18(25)26)19(15)20(27)22-14-6-4-3-5-7-14/h3-7,13H,2,8-12H2,1H3,(H,22,27)(H,23,24)(H,25,26)/t13-/m0/s1. The van der Waals surface area contributed by atoms with Gasteiger partial charge in [0.15, 0.2) is 0 Å². The molecule has 1 aromatic heterocycles. The average molecular weight is 401 g/mol. The molecule has 0 radical (unpaired) electrons. The summed E-state index contributed by atoms with van der Waals surface area (Å²) >= 11 is 1.44. The number of carboxylic acid groups (broad SMARTS) is 1. The first-order chi connectivity index (χ1) is 13.5. The Morgan fingerprint density at radius 3 is 2.57 bits per heavy atom. The van der Waals surface area contributed by atoms with Gasteiger partial charge in [0.2, 0.25) is 5.91 Å². The van der Waals surface area contributed by atoms with Crippen molar-refractivity contribution in [3.05, 3.63) is 46.3 Å². The zero-order valence-electron chi connectivity index (χ0n) is 15.8. The average Bonchev–Trinajstić information content (AvgIpc) is 3.03. The molecule has 0 bridgehead atoms. The Labute approximate surface area is 168 Å². The van der Waals surface area contributed by atoms with Crippen LogP contribution in [-0.2, 0) is 22.4 Å². The zero-order chi connectivity index (χ0) is 20.1. The van der Waals surface area contributed by atoms with Gasteiger partial charge in [-0.1, -0.05) is 31.5 Å². The van der Waals surface area contributed by atoms with Gasteiger partial charge in [0.1, 0.15) is 5.00 Å². The molecule has 28 heavy (non-hydrogen) atoms. The number of hydrogen-bond acceptors (Lipinski definition) is 4. The van der Waals surface area contributed by atoms with Crippen molar-refractivity contribution in [2.75, 3.05) is 10.6 Å². The van der Waals surface area contributed by atoms with Crippen molar-refractivity contribution < 1.29 is 19.5 Å². The summed E-state index contributed by atoms with van der Waals surface area (Å²) < 4.78 is 0. The molecule has 0 saturated carbocycles. The smallest absolute Gasteiger partial charge is 0.303 e. The maximum absolute atomic E-state index is 13.0. The van der Waals surface area contributed by atoms with Crippen molar-refractivity contribution in [2.45, 2.75) is 45.4 Å². The third-order valence-corrected chi connectivity index (χ3v) is 6.19. The van der Waals surface area contributed by atoms with E-state index in [1.807, 2.05) is 30.3 Å². The molecule has 0 spiro atoms. The number of rotatable bonds is 7. The quantitative estimate of drug-likeness (QED) is 0.645. The van der Waals surface area contributed by atoms with Gasteiger partial charge in [0.05, 0.1) is 12.0 Å². The summed E-state index contributed by atoms with van der Waals surface area (Å²) in [5.74, 6) is -1.06. The van der Waals surface area contributed by atoms with E-state index in [0.29, 0.717) is 22.2 Å². The van der Waals surface area contributed by atoms with Gasteiger partial charge in [-0.05, 0) is 42.9 Å². The molecule has 1 aliphatic rings. The van der Waals surface area contributed by atoms with Gasteiger partial charge in [-0.25, -0.2) is 0 Å². The Morgan fingerprint density at radius 2 is 1.89 bits per heavy atom. The number of carboxylic acids is 1. The normalized spacial score (nSPS) is 15.5. The lowest BCUT2D eigenvalue weighted by Gasteiger charge is -2.21. The van der Waals surface area contributed by atoms with Crippen molar-refractivity contribution in [1.29, 1.82) is 0 Å². The molecule has 1 aromatic carbocycles. The Bertz CT molecular complexity index is 876. The fourth-order valence-electron chi connectivity index (χ4n) is 3.46. The zero-order valence-corrected chi connectivity index (χ0v) is 16.6. The van der Waals surface area contributed by atoms with Crippen LogP contribution in [0.3, 0.4) is 0 Å². The Balaban J connectivity index is 1.87. The van der Waals surface area contributed by atoms with Crippen molar-refractivity contribution in [1.82, 2.24) is 0 Å². The minimum absolute atomic E-state index is 0.116. The van der Waals surface area contributed by atoms with Crippen LogP contribution in [0.4, 0.5) is 10.7 Å². The number of benzene rings is 1. The van der Waals surface area contributed by atoms with Crippen LogP contribution in [0, 0.1) is 5.92 Å². The molecule has 6 nitrogen and oxygen atoms in total. The number of thiophene rings is 1. The maximum atomic E-state index is 13.0. The third-order valence-electron chi connectivity index (χ3n) is 5.02. The van der Waals surface area contributed by atoms with E-state index in [9.17, 15) is 14.4 Å². The molecule has 148 valence electrons. The number of fused-ring (bicyclic) bond motifs is 1. The molecule has 3 rings (SSSR count). The minimum atomic E-state index is -1.02. The van der Waals surface area contributed by atoms with Crippen LogP contribution in [0.2, 0.25) is 0 Å². The number of hydrogen-bond donors (Lipinski definition) is 3. The topological polar surface area (TPSA) is 95.5 Å². The molecular weight excluding hydrogens is 376 g/mol. The van der Waals surface area contributed by atoms with Crippen LogP contribution in [0.15, 0.2) is 30.3 Å². The molecule has 0 aliphatic heterocycles. The Kier molecular flexibility index (Phi) is 6.46. The number of carbonyl (C=O) groups excluding carboxylic acids is 2. The van der Waals surface area contributed by atoms with E-state index in [-0.39, 0.29) is 24.7 Å². The summed E-state index contributed by atoms with van der Waals surface area (Å²) in [5.41, 5.74) is 2.22. The Morgan fingerprint density at radius 1 is 1.14 bits per heavy atom. The van der Waals surface area contributed by atoms with Gasteiger partial charge < -0.3 is 15.7 Å². The summed E-state index contributed by atoms with van der Waals surface area (Å²) in [7, 11) is 0. The van der Waals surface area contributed by atoms with E-state index in [1.165, 1.54) is 11.3 Å². The summed E-state index contributed by atoms with van der Waals surface area (Å²) in [4.78, 5) is 37.1. The number of anilines is 2. The largest absolute Gasteiger partial charge is 0.481 e. The molecule has 2 aromatic rings. The number of amides is 2. The first-order valence-corrected chi connectivity index (χ1v) is 10.3. The second kappa shape index (κ2) is 9.01. The maximum Gasteiger partial charge on any atom is 0.303 e. The number of carbonyl (C=O) groups is 3. The molecule has 7 heteroatoms. The van der Waals surface area contributed by atoms with E-state index in [4.69, 9.17) is 5.11 Å². The molecular formula is C21H24N2O4S. The Hall–Kier alpha value is -2.67. The lowest BCUT2D eigenvalue weighted by molar-refractivity contribution is -0.138. The van der Waals surface area contributed by atoms with Crippen LogP contribution in [0.5, 0.6) is 0 Å². The summed E-state index contributed by atoms with van der Waals surface area (Å²) in [5, 5.41) is 15.0. The molecule has 0 unspecified atom stereocenters. The summed E-state index contributed by atoms with van der Waals surface area (Å²) in [6.45, 7) is 2.17. The molecule has 3 N–H and O–H groups in total. The van der Waals surface area contributed by atoms with Gasteiger partial charge in [-0.15, -0.1) is 11.3 Å². The highest BCUT2D eigenvalue weighted by atomic mass is 32.1. The van der Waals surface area contributed by atoms with E-state index in [2.05, 4.69) is 17.6 Å². The number of aliphatic carboxylic acids is 1. The van der Waals surface area contributed by atoms with Crippen LogP contribution in [-0.4, -0.2) is 22.9 Å². The molecule has 0 fully saturated rings. The van der Waals surface area contributed by atoms with E-state index >= 15 is 0 Å². The molecule has 1 heterocycles. The van der Waals surface area contributed by atoms with Gasteiger partial charge in [-0.2, -0.15) is 0 Å². The number of para-hydroxylation sites is 1. The van der Waals surface area contributed by atoms with Crippen molar-refractivity contribution in [3.8, 4) is 0 Å². The van der Waals surface area contributed by atoms with Crippen LogP contribution < -0.4 is 10.6 Å². The minimum Gasteiger partial charge on any atom is -0.481 e. The molecule has 1 atom stereocenters. The van der Waals surface area contributed by atoms with Crippen LogP contribution in [0.1, 0.15) is 53.4 Å². The highest BCUT2D eigenvalue weighted by Crippen LogP contribution is 2.40. The van der Waals surface area contributed by atoms with E-state index in [0.717, 1.165) is 36.1 Å². The van der Waals surface area contributed by atoms with Gasteiger partial charge >= 0.3 is 5.97 Å². The van der Waals surface area contributed by atoms with Crippen LogP contribution >= 0.6 is 11.3 Å². The molecule has 2 amide bonds. The van der Waals surface area contributed by atoms with Gasteiger partial charge in [0.25, 0.3) is 5.91 Å². The summed E-state index contributed by atoms with van der Waals surface area (Å²) in [6.07, 6.45) is 3.48. The van der Waals surface area contributed by atoms with Gasteiger partial charge in [-0.3, -0.25) is 14.4 Å². The fraction of sp³-hybridized carbons (Fsp3) is 0.381. The second-order valence-electron chi connectivity index (χ2n) is 6.99. The second-order valence-corrected chi connectivity index (χ2v) is 8.09. The highest BCUT2D eigenvalue weighted by molar-refractivity contribution is 7.17. The lowest BCUT2D eigenvalue weighted by Crippen LogP contribution is -2.20. The first-order valence-electron chi connectivity index (χ1n) is 9.50. The predicted molar refractivity (Wildman–Crippen MR) is 110 cm³/mol. The summed E-state index contributed by atoms with van der Waals surface area (Å²) in [6, 6.07) is 9.20. The third kappa shape index (κ3) is 4.78. The highest BCUT2D eigenvalue weighted by Gasteiger charge is 2.29. The lowest BCUT2D eigenvalue weighted by atomic mass is 9.85. The molecule has 0 saturated heterocycles. The van der Waals surface area contributed by atoms with Crippen LogP contribution in [0.25, 0.3) is 0 Å². The van der Waals surface area contributed by atoms with E-state index in [1.54, 1.807) is 0 Å². The number of nitrogens with one attached hydrogen (secondary N) is 2. The van der Waals surface area contributed by atoms with Crippen molar-refractivity contribution in [3.63, 3.8) is 0 Å². The first kappa shape index (κ1) is 20.1. The predicted octanol–water partition coefficient (Wildman–Crippen LogP) is 4.32. The monoisotopic (exact) mass is 400 g/mol. The van der Waals surface area contributed by atoms with Crippen molar-refractivity contribution >= 4 is 39.8 Å². The van der Waals surface area contributed by atoms with E-state index < -0.39 is 5.97 Å². The molecule has 1 aliphatic carbocycles.